The van der Waals surface area contributed by atoms with E-state index in [4.69, 9.17) is 0 Å². The molecular formula is C11H24N2O2S. The molecule has 0 aliphatic carbocycles. The fraction of sp³-hybridized carbons (Fsp3) is 1.00. The van der Waals surface area contributed by atoms with Gasteiger partial charge in [-0.3, -0.25) is 4.90 Å². The average molecular weight is 248 g/mol. The van der Waals surface area contributed by atoms with Gasteiger partial charge in [-0.05, 0) is 20.3 Å². The van der Waals surface area contributed by atoms with Gasteiger partial charge in [0.25, 0.3) is 0 Å². The first-order chi connectivity index (χ1) is 7.24. The quantitative estimate of drug-likeness (QED) is 0.787. The lowest BCUT2D eigenvalue weighted by atomic mass is 9.97. The third-order valence-corrected chi connectivity index (χ3v) is 4.27. The summed E-state index contributed by atoms with van der Waals surface area (Å²) in [6, 6.07) is 0.493. The van der Waals surface area contributed by atoms with Crippen LogP contribution >= 0.6 is 0 Å². The van der Waals surface area contributed by atoms with E-state index in [-0.39, 0.29) is 11.3 Å². The standard InChI is InChI=1S/C11H24N2O2S/c1-5-10-8-13(6-7-16(4,14)15)11(2,3)9-12-10/h10,12H,5-9H2,1-4H3. The number of rotatable bonds is 4. The Morgan fingerprint density at radius 1 is 1.44 bits per heavy atom. The van der Waals surface area contributed by atoms with Crippen LogP contribution in [0.5, 0.6) is 0 Å². The Morgan fingerprint density at radius 2 is 2.06 bits per heavy atom. The summed E-state index contributed by atoms with van der Waals surface area (Å²) in [5, 5.41) is 3.50. The van der Waals surface area contributed by atoms with E-state index in [0.717, 1.165) is 19.5 Å². The van der Waals surface area contributed by atoms with Gasteiger partial charge in [0.2, 0.25) is 0 Å². The molecule has 0 saturated carbocycles. The van der Waals surface area contributed by atoms with E-state index in [1.165, 1.54) is 6.26 Å². The zero-order valence-electron chi connectivity index (χ0n) is 10.8. The summed E-state index contributed by atoms with van der Waals surface area (Å²) in [4.78, 5) is 2.29. The molecule has 5 heteroatoms. The molecule has 0 radical (unpaired) electrons. The summed E-state index contributed by atoms with van der Waals surface area (Å²) >= 11 is 0. The SMILES string of the molecule is CCC1CN(CCS(C)(=O)=O)C(C)(C)CN1. The van der Waals surface area contributed by atoms with Gasteiger partial charge in [0, 0.05) is 37.5 Å². The lowest BCUT2D eigenvalue weighted by molar-refractivity contribution is 0.0717. The number of piperazine rings is 1. The molecular weight excluding hydrogens is 224 g/mol. The second-order valence-electron chi connectivity index (χ2n) is 5.37. The van der Waals surface area contributed by atoms with Crippen LogP contribution < -0.4 is 5.32 Å². The summed E-state index contributed by atoms with van der Waals surface area (Å²) in [6.45, 7) is 8.99. The van der Waals surface area contributed by atoms with Crippen molar-refractivity contribution < 1.29 is 8.42 Å². The van der Waals surface area contributed by atoms with Gasteiger partial charge in [0.05, 0.1) is 5.75 Å². The molecule has 0 aromatic heterocycles. The van der Waals surface area contributed by atoms with Crippen molar-refractivity contribution in [1.82, 2.24) is 10.2 Å². The van der Waals surface area contributed by atoms with Crippen LogP contribution in [0.15, 0.2) is 0 Å². The third kappa shape index (κ3) is 4.03. The van der Waals surface area contributed by atoms with E-state index in [1.54, 1.807) is 0 Å². The predicted octanol–water partition coefficient (Wildman–Crippen LogP) is 0.493. The van der Waals surface area contributed by atoms with Gasteiger partial charge < -0.3 is 5.32 Å². The molecule has 1 rings (SSSR count). The van der Waals surface area contributed by atoms with Crippen LogP contribution in [0.3, 0.4) is 0 Å². The van der Waals surface area contributed by atoms with Crippen molar-refractivity contribution in [3.05, 3.63) is 0 Å². The molecule has 1 unspecified atom stereocenters. The minimum absolute atomic E-state index is 0.0519. The van der Waals surface area contributed by atoms with Crippen LogP contribution in [0.2, 0.25) is 0 Å². The fourth-order valence-electron chi connectivity index (χ4n) is 2.03. The Bertz CT molecular complexity index is 325. The summed E-state index contributed by atoms with van der Waals surface area (Å²) in [5.74, 6) is 0.257. The first kappa shape index (κ1) is 13.9. The second-order valence-corrected chi connectivity index (χ2v) is 7.63. The van der Waals surface area contributed by atoms with Gasteiger partial charge in [-0.25, -0.2) is 8.42 Å². The molecule has 0 spiro atoms. The van der Waals surface area contributed by atoms with Crippen LogP contribution in [0, 0.1) is 0 Å². The van der Waals surface area contributed by atoms with E-state index < -0.39 is 9.84 Å². The largest absolute Gasteiger partial charge is 0.311 e. The number of hydrogen-bond acceptors (Lipinski definition) is 4. The Morgan fingerprint density at radius 3 is 2.56 bits per heavy atom. The molecule has 16 heavy (non-hydrogen) atoms. The van der Waals surface area contributed by atoms with Crippen LogP contribution in [0.1, 0.15) is 27.2 Å². The molecule has 1 atom stereocenters. The molecule has 1 saturated heterocycles. The van der Waals surface area contributed by atoms with E-state index in [2.05, 4.69) is 31.0 Å². The molecule has 4 nitrogen and oxygen atoms in total. The van der Waals surface area contributed by atoms with Gasteiger partial charge in [-0.2, -0.15) is 0 Å². The van der Waals surface area contributed by atoms with Gasteiger partial charge in [0.1, 0.15) is 9.84 Å². The Balaban J connectivity index is 2.59. The van der Waals surface area contributed by atoms with Crippen LogP contribution in [-0.2, 0) is 9.84 Å². The van der Waals surface area contributed by atoms with Crippen LogP contribution in [-0.4, -0.2) is 56.5 Å². The monoisotopic (exact) mass is 248 g/mol. The molecule has 1 heterocycles. The maximum atomic E-state index is 11.2. The van der Waals surface area contributed by atoms with Gasteiger partial charge >= 0.3 is 0 Å². The normalized spacial score (nSPS) is 26.9. The summed E-state index contributed by atoms with van der Waals surface area (Å²) < 4.78 is 22.4. The van der Waals surface area contributed by atoms with Crippen molar-refractivity contribution in [2.24, 2.45) is 0 Å². The van der Waals surface area contributed by atoms with Crippen molar-refractivity contribution in [3.8, 4) is 0 Å². The lowest BCUT2D eigenvalue weighted by Crippen LogP contribution is -2.62. The maximum absolute atomic E-state index is 11.2. The van der Waals surface area contributed by atoms with Crippen molar-refractivity contribution in [3.63, 3.8) is 0 Å². The molecule has 1 fully saturated rings. The number of nitrogens with one attached hydrogen (secondary N) is 1. The highest BCUT2D eigenvalue weighted by Crippen LogP contribution is 2.19. The topological polar surface area (TPSA) is 49.4 Å². The first-order valence-electron chi connectivity index (χ1n) is 5.91. The number of hydrogen-bond donors (Lipinski definition) is 1. The minimum Gasteiger partial charge on any atom is -0.311 e. The van der Waals surface area contributed by atoms with Gasteiger partial charge in [-0.1, -0.05) is 6.92 Å². The molecule has 1 N–H and O–H groups in total. The Hall–Kier alpha value is -0.130. The third-order valence-electron chi connectivity index (χ3n) is 3.34. The average Bonchev–Trinajstić information content (AvgIpc) is 2.14. The highest BCUT2D eigenvalue weighted by molar-refractivity contribution is 7.90. The fourth-order valence-corrected chi connectivity index (χ4v) is 2.58. The van der Waals surface area contributed by atoms with Gasteiger partial charge in [-0.15, -0.1) is 0 Å². The molecule has 0 aromatic rings. The van der Waals surface area contributed by atoms with E-state index in [0.29, 0.717) is 12.6 Å². The lowest BCUT2D eigenvalue weighted by Gasteiger charge is -2.46. The molecule has 0 bridgehead atoms. The molecule has 0 aromatic carbocycles. The predicted molar refractivity (Wildman–Crippen MR) is 67.4 cm³/mol. The van der Waals surface area contributed by atoms with Crippen LogP contribution in [0.4, 0.5) is 0 Å². The molecule has 1 aliphatic heterocycles. The van der Waals surface area contributed by atoms with E-state index >= 15 is 0 Å². The molecule has 1 aliphatic rings. The highest BCUT2D eigenvalue weighted by atomic mass is 32.2. The smallest absolute Gasteiger partial charge is 0.148 e. The molecule has 0 amide bonds. The Labute approximate surface area is 99.3 Å². The zero-order valence-corrected chi connectivity index (χ0v) is 11.6. The first-order valence-corrected chi connectivity index (χ1v) is 7.97. The number of sulfone groups is 1. The summed E-state index contributed by atoms with van der Waals surface area (Å²) in [5.41, 5.74) is 0.0519. The highest BCUT2D eigenvalue weighted by Gasteiger charge is 2.33. The zero-order chi connectivity index (χ0) is 12.4. The summed E-state index contributed by atoms with van der Waals surface area (Å²) in [6.07, 6.45) is 2.39. The number of nitrogens with zero attached hydrogens (tertiary/aromatic N) is 1. The van der Waals surface area contributed by atoms with E-state index in [1.807, 2.05) is 0 Å². The second kappa shape index (κ2) is 5.02. The van der Waals surface area contributed by atoms with Crippen molar-refractivity contribution in [2.75, 3.05) is 31.6 Å². The van der Waals surface area contributed by atoms with Crippen LogP contribution in [0.25, 0.3) is 0 Å². The van der Waals surface area contributed by atoms with Crippen molar-refractivity contribution in [1.29, 1.82) is 0 Å². The Kier molecular flexibility index (Phi) is 4.37. The maximum Gasteiger partial charge on any atom is 0.148 e. The summed E-state index contributed by atoms with van der Waals surface area (Å²) in [7, 11) is -2.86. The van der Waals surface area contributed by atoms with E-state index in [9.17, 15) is 8.42 Å². The van der Waals surface area contributed by atoms with Gasteiger partial charge in [0.15, 0.2) is 0 Å². The minimum atomic E-state index is -2.86. The van der Waals surface area contributed by atoms with Crippen molar-refractivity contribution in [2.45, 2.75) is 38.8 Å². The van der Waals surface area contributed by atoms with Crippen molar-refractivity contribution >= 4 is 9.84 Å². The molecule has 96 valence electrons.